The van der Waals surface area contributed by atoms with Crippen LogP contribution in [0.1, 0.15) is 18.4 Å². The number of aliphatic hydroxyl groups is 1. The van der Waals surface area contributed by atoms with Gasteiger partial charge in [0.1, 0.15) is 0 Å². The zero-order chi connectivity index (χ0) is 11.8. The molecule has 1 saturated carbocycles. The van der Waals surface area contributed by atoms with Crippen molar-refractivity contribution in [3.8, 4) is 17.2 Å². The SMILES string of the molecule is COc1cc(CC2(O)CC2)cc(O)c1OC. The van der Waals surface area contributed by atoms with Crippen LogP contribution in [0.15, 0.2) is 12.1 Å². The van der Waals surface area contributed by atoms with E-state index >= 15 is 0 Å². The molecule has 16 heavy (non-hydrogen) atoms. The van der Waals surface area contributed by atoms with Gasteiger partial charge in [0.05, 0.1) is 19.8 Å². The molecule has 1 aromatic rings. The summed E-state index contributed by atoms with van der Waals surface area (Å²) in [5.41, 5.74) is 0.279. The van der Waals surface area contributed by atoms with Gasteiger partial charge in [-0.2, -0.15) is 0 Å². The zero-order valence-corrected chi connectivity index (χ0v) is 9.49. The van der Waals surface area contributed by atoms with Gasteiger partial charge in [0, 0.05) is 6.42 Å². The predicted molar refractivity (Wildman–Crippen MR) is 59.1 cm³/mol. The number of phenolic OH excluding ortho intramolecular Hbond substituents is 1. The van der Waals surface area contributed by atoms with Gasteiger partial charge >= 0.3 is 0 Å². The molecular formula is C12H16O4. The topological polar surface area (TPSA) is 58.9 Å². The third-order valence-electron chi connectivity index (χ3n) is 2.88. The number of benzene rings is 1. The lowest BCUT2D eigenvalue weighted by molar-refractivity contribution is 0.151. The third kappa shape index (κ3) is 2.07. The Labute approximate surface area is 94.4 Å². The number of aromatic hydroxyl groups is 1. The number of phenols is 1. The summed E-state index contributed by atoms with van der Waals surface area (Å²) in [6.45, 7) is 0. The van der Waals surface area contributed by atoms with E-state index in [1.54, 1.807) is 12.1 Å². The van der Waals surface area contributed by atoms with E-state index < -0.39 is 5.60 Å². The fourth-order valence-electron chi connectivity index (χ4n) is 1.80. The molecule has 0 bridgehead atoms. The molecule has 2 N–H and O–H groups in total. The van der Waals surface area contributed by atoms with Gasteiger partial charge in [0.25, 0.3) is 0 Å². The molecule has 1 aliphatic rings. The molecule has 0 radical (unpaired) electrons. The summed E-state index contributed by atoms with van der Waals surface area (Å²) in [6, 6.07) is 3.40. The van der Waals surface area contributed by atoms with Crippen molar-refractivity contribution in [1.29, 1.82) is 0 Å². The molecule has 0 aromatic heterocycles. The van der Waals surface area contributed by atoms with Gasteiger partial charge in [-0.25, -0.2) is 0 Å². The van der Waals surface area contributed by atoms with Crippen molar-refractivity contribution in [3.63, 3.8) is 0 Å². The Morgan fingerprint density at radius 2 is 1.94 bits per heavy atom. The molecule has 0 aliphatic heterocycles. The number of rotatable bonds is 4. The average molecular weight is 224 g/mol. The van der Waals surface area contributed by atoms with E-state index in [4.69, 9.17) is 9.47 Å². The van der Waals surface area contributed by atoms with Crippen LogP contribution in [0.3, 0.4) is 0 Å². The molecule has 1 aromatic carbocycles. The molecule has 88 valence electrons. The Morgan fingerprint density at radius 1 is 1.25 bits per heavy atom. The molecule has 0 unspecified atom stereocenters. The Bertz CT molecular complexity index is 396. The second-order valence-corrected chi connectivity index (χ2v) is 4.25. The first-order valence-electron chi connectivity index (χ1n) is 5.24. The molecule has 1 fully saturated rings. The summed E-state index contributed by atoms with van der Waals surface area (Å²) < 4.78 is 10.2. The van der Waals surface area contributed by atoms with E-state index in [1.165, 1.54) is 14.2 Å². The van der Waals surface area contributed by atoms with Crippen molar-refractivity contribution < 1.29 is 19.7 Å². The van der Waals surface area contributed by atoms with Crippen molar-refractivity contribution in [2.24, 2.45) is 0 Å². The lowest BCUT2D eigenvalue weighted by Gasteiger charge is -2.13. The van der Waals surface area contributed by atoms with Gasteiger partial charge in [0.2, 0.25) is 5.75 Å². The maximum Gasteiger partial charge on any atom is 0.203 e. The minimum absolute atomic E-state index is 0.0427. The fourth-order valence-corrected chi connectivity index (χ4v) is 1.80. The Hall–Kier alpha value is -1.42. The zero-order valence-electron chi connectivity index (χ0n) is 9.49. The first-order chi connectivity index (χ1) is 7.58. The van der Waals surface area contributed by atoms with Gasteiger partial charge in [-0.15, -0.1) is 0 Å². The average Bonchev–Trinajstić information content (AvgIpc) is 2.95. The normalized spacial score (nSPS) is 16.9. The van der Waals surface area contributed by atoms with Crippen LogP contribution >= 0.6 is 0 Å². The first-order valence-corrected chi connectivity index (χ1v) is 5.24. The van der Waals surface area contributed by atoms with Crippen LogP contribution < -0.4 is 9.47 Å². The molecule has 1 aliphatic carbocycles. The highest BCUT2D eigenvalue weighted by atomic mass is 16.5. The van der Waals surface area contributed by atoms with E-state index in [2.05, 4.69) is 0 Å². The maximum absolute atomic E-state index is 9.81. The lowest BCUT2D eigenvalue weighted by Crippen LogP contribution is -2.10. The van der Waals surface area contributed by atoms with E-state index in [-0.39, 0.29) is 5.75 Å². The second-order valence-electron chi connectivity index (χ2n) is 4.25. The quantitative estimate of drug-likeness (QED) is 0.813. The second kappa shape index (κ2) is 3.87. The smallest absolute Gasteiger partial charge is 0.203 e. The predicted octanol–water partition coefficient (Wildman–Crippen LogP) is 1.48. The highest BCUT2D eigenvalue weighted by molar-refractivity contribution is 5.53. The van der Waals surface area contributed by atoms with E-state index in [1.807, 2.05) is 0 Å². The van der Waals surface area contributed by atoms with Crippen molar-refractivity contribution in [1.82, 2.24) is 0 Å². The van der Waals surface area contributed by atoms with E-state index in [9.17, 15) is 10.2 Å². The molecule has 0 atom stereocenters. The van der Waals surface area contributed by atoms with Crippen LogP contribution in [0.4, 0.5) is 0 Å². The van der Waals surface area contributed by atoms with Crippen LogP contribution in [0.5, 0.6) is 17.2 Å². The summed E-state index contributed by atoms with van der Waals surface area (Å²) in [5.74, 6) is 0.858. The number of hydrogen-bond donors (Lipinski definition) is 2. The van der Waals surface area contributed by atoms with E-state index in [0.29, 0.717) is 17.9 Å². The Morgan fingerprint density at radius 3 is 2.44 bits per heavy atom. The summed E-state index contributed by atoms with van der Waals surface area (Å²) >= 11 is 0. The lowest BCUT2D eigenvalue weighted by atomic mass is 10.1. The van der Waals surface area contributed by atoms with Crippen molar-refractivity contribution in [2.75, 3.05) is 14.2 Å². The van der Waals surface area contributed by atoms with Crippen LogP contribution in [-0.4, -0.2) is 30.0 Å². The molecule has 0 saturated heterocycles. The molecule has 0 amide bonds. The van der Waals surface area contributed by atoms with Crippen molar-refractivity contribution >= 4 is 0 Å². The molecular weight excluding hydrogens is 208 g/mol. The van der Waals surface area contributed by atoms with Gasteiger partial charge in [0.15, 0.2) is 11.5 Å². The minimum Gasteiger partial charge on any atom is -0.504 e. The summed E-state index contributed by atoms with van der Waals surface area (Å²) in [6.07, 6.45) is 2.19. The highest BCUT2D eigenvalue weighted by Crippen LogP contribution is 2.42. The standard InChI is InChI=1S/C12H16O4/c1-15-10-6-8(7-12(14)3-4-12)5-9(13)11(10)16-2/h5-6,13-14H,3-4,7H2,1-2H3. The summed E-state index contributed by atoms with van der Waals surface area (Å²) in [7, 11) is 3.00. The van der Waals surface area contributed by atoms with Crippen LogP contribution in [0.2, 0.25) is 0 Å². The van der Waals surface area contributed by atoms with Crippen molar-refractivity contribution in [2.45, 2.75) is 24.9 Å². The largest absolute Gasteiger partial charge is 0.504 e. The Kier molecular flexibility index (Phi) is 2.68. The molecule has 0 spiro atoms. The molecule has 4 nitrogen and oxygen atoms in total. The highest BCUT2D eigenvalue weighted by Gasteiger charge is 2.40. The van der Waals surface area contributed by atoms with Gasteiger partial charge < -0.3 is 19.7 Å². The molecule has 4 heteroatoms. The van der Waals surface area contributed by atoms with Gasteiger partial charge in [-0.3, -0.25) is 0 Å². The van der Waals surface area contributed by atoms with Crippen molar-refractivity contribution in [3.05, 3.63) is 17.7 Å². The monoisotopic (exact) mass is 224 g/mol. The minimum atomic E-state index is -0.577. The van der Waals surface area contributed by atoms with Gasteiger partial charge in [-0.1, -0.05) is 0 Å². The molecule has 0 heterocycles. The number of ether oxygens (including phenoxy) is 2. The summed E-state index contributed by atoms with van der Waals surface area (Å²) in [5, 5.41) is 19.5. The van der Waals surface area contributed by atoms with Crippen LogP contribution in [0.25, 0.3) is 0 Å². The number of methoxy groups -OCH3 is 2. The third-order valence-corrected chi connectivity index (χ3v) is 2.88. The molecule has 2 rings (SSSR count). The first kappa shape index (κ1) is 11.1. The Balaban J connectivity index is 2.30. The van der Waals surface area contributed by atoms with Crippen LogP contribution in [-0.2, 0) is 6.42 Å². The fraction of sp³-hybridized carbons (Fsp3) is 0.500. The number of hydrogen-bond acceptors (Lipinski definition) is 4. The maximum atomic E-state index is 9.81. The van der Waals surface area contributed by atoms with Crippen LogP contribution in [0, 0.1) is 0 Å². The van der Waals surface area contributed by atoms with E-state index in [0.717, 1.165) is 18.4 Å². The summed E-state index contributed by atoms with van der Waals surface area (Å²) in [4.78, 5) is 0. The van der Waals surface area contributed by atoms with Gasteiger partial charge in [-0.05, 0) is 30.5 Å².